The van der Waals surface area contributed by atoms with Gasteiger partial charge in [0.25, 0.3) is 0 Å². The van der Waals surface area contributed by atoms with E-state index in [1.54, 1.807) is 0 Å². The zero-order valence-electron chi connectivity index (χ0n) is 11.4. The van der Waals surface area contributed by atoms with E-state index in [0.29, 0.717) is 0 Å². The van der Waals surface area contributed by atoms with Crippen LogP contribution in [-0.4, -0.2) is 43.4 Å². The van der Waals surface area contributed by atoms with Gasteiger partial charge in [0.05, 0.1) is 0 Å². The minimum atomic E-state index is -1.06. The summed E-state index contributed by atoms with van der Waals surface area (Å²) in [5, 5.41) is -1.06. The molecular formula is C9H27SeSi4. The van der Waals surface area contributed by atoms with E-state index in [1.807, 2.05) is 0 Å². The summed E-state index contributed by atoms with van der Waals surface area (Å²) in [6.07, 6.45) is 0. The number of hydrogen-bond acceptors (Lipinski definition) is 0. The first-order chi connectivity index (χ1) is 5.75. The molecule has 0 unspecified atom stereocenters. The van der Waals surface area contributed by atoms with Crippen LogP contribution in [0.25, 0.3) is 0 Å². The molecule has 0 nitrogen and oxygen atoms in total. The Morgan fingerprint density at radius 1 is 0.500 bits per heavy atom. The second kappa shape index (κ2) is 4.00. The van der Waals surface area contributed by atoms with Gasteiger partial charge in [-0.3, -0.25) is 0 Å². The average molecular weight is 327 g/mol. The van der Waals surface area contributed by atoms with Crippen molar-refractivity contribution in [2.75, 3.05) is 0 Å². The Kier molecular flexibility index (Phi) is 4.40. The topological polar surface area (TPSA) is 0 Å². The van der Waals surface area contributed by atoms with E-state index < -0.39 is 28.0 Å². The predicted octanol–water partition coefficient (Wildman–Crippen LogP) is 3.35. The van der Waals surface area contributed by atoms with Crippen molar-refractivity contribution >= 4 is 43.4 Å². The molecule has 1 radical (unpaired) electrons. The molecule has 5 heteroatoms. The normalized spacial score (nSPS) is 15.9. The van der Waals surface area contributed by atoms with E-state index in [4.69, 9.17) is 0 Å². The molecular weight excluding hydrogens is 299 g/mol. The van der Waals surface area contributed by atoms with Gasteiger partial charge in [-0.25, -0.2) is 0 Å². The van der Waals surface area contributed by atoms with Crippen LogP contribution in [0.4, 0.5) is 0 Å². The van der Waals surface area contributed by atoms with E-state index in [0.717, 1.165) is 0 Å². The first-order valence-corrected chi connectivity index (χ1v) is 23.4. The Labute approximate surface area is 102 Å². The first-order valence-electron chi connectivity index (χ1n) is 5.45. The van der Waals surface area contributed by atoms with Crippen LogP contribution in [-0.2, 0) is 0 Å². The van der Waals surface area contributed by atoms with E-state index in [2.05, 4.69) is 74.3 Å². The fourth-order valence-corrected chi connectivity index (χ4v) is 91.1. The van der Waals surface area contributed by atoms with Crippen LogP contribution in [0.15, 0.2) is 0 Å². The van der Waals surface area contributed by atoms with Crippen molar-refractivity contribution in [3.63, 3.8) is 0 Å². The monoisotopic (exact) mass is 327 g/mol. The Bertz CT molecular complexity index is 170. The summed E-state index contributed by atoms with van der Waals surface area (Å²) in [5.74, 6) is 0. The van der Waals surface area contributed by atoms with Gasteiger partial charge >= 0.3 is 102 Å². The molecule has 85 valence electrons. The third-order valence-electron chi connectivity index (χ3n) is 3.17. The van der Waals surface area contributed by atoms with Crippen LogP contribution in [0.2, 0.25) is 58.9 Å². The molecule has 0 atom stereocenters. The van der Waals surface area contributed by atoms with Gasteiger partial charge in [0.1, 0.15) is 0 Å². The molecule has 0 saturated heterocycles. The summed E-state index contributed by atoms with van der Waals surface area (Å²) in [6, 6.07) is 0. The molecule has 0 N–H and O–H groups in total. The molecule has 0 heterocycles. The van der Waals surface area contributed by atoms with Crippen LogP contribution in [0, 0.1) is 0 Å². The zero-order valence-corrected chi connectivity index (χ0v) is 17.1. The van der Waals surface area contributed by atoms with Crippen molar-refractivity contribution in [2.24, 2.45) is 0 Å². The second-order valence-corrected chi connectivity index (χ2v) is 58.2. The van der Waals surface area contributed by atoms with Gasteiger partial charge in [-0.15, -0.1) is 0 Å². The molecule has 0 amide bonds. The number of hydrogen-bond donors (Lipinski definition) is 0. The SMILES string of the molecule is C[Si](C)(C)[Si]([Se])([Si](C)(C)C)[Si](C)(C)C. The molecule has 0 aromatic rings. The summed E-state index contributed by atoms with van der Waals surface area (Å²) in [5.41, 5.74) is 0. The van der Waals surface area contributed by atoms with Crippen LogP contribution in [0.1, 0.15) is 0 Å². The van der Waals surface area contributed by atoms with Gasteiger partial charge in [-0.05, 0) is 0 Å². The Balaban J connectivity index is 5.54. The third-order valence-corrected chi connectivity index (χ3v) is 104. The van der Waals surface area contributed by atoms with Crippen molar-refractivity contribution < 1.29 is 0 Å². The molecule has 0 spiro atoms. The van der Waals surface area contributed by atoms with Crippen molar-refractivity contribution in [2.45, 2.75) is 58.9 Å². The average Bonchev–Trinajstić information content (AvgIpc) is 1.77. The Hall–Kier alpha value is 1.39. The Morgan fingerprint density at radius 3 is 0.643 bits per heavy atom. The molecule has 14 heavy (non-hydrogen) atoms. The zero-order chi connectivity index (χ0) is 12.0. The van der Waals surface area contributed by atoms with Gasteiger partial charge < -0.3 is 0 Å². The molecule has 0 aromatic heterocycles. The molecule has 0 rings (SSSR count). The van der Waals surface area contributed by atoms with Gasteiger partial charge in [-0.1, -0.05) is 0 Å². The van der Waals surface area contributed by atoms with Gasteiger partial charge in [0, 0.05) is 0 Å². The van der Waals surface area contributed by atoms with Crippen LogP contribution in [0.5, 0.6) is 0 Å². The van der Waals surface area contributed by atoms with Crippen LogP contribution in [0.3, 0.4) is 0 Å². The molecule has 0 aliphatic heterocycles. The standard InChI is InChI=1S/C9H27SeSi4/c1-11(2,3)14(10,12(4,5)6)13(7,8)9/h1-9H3. The first kappa shape index (κ1) is 15.4. The fourth-order valence-electron chi connectivity index (χ4n) is 3.38. The van der Waals surface area contributed by atoms with Crippen LogP contribution < -0.4 is 0 Å². The van der Waals surface area contributed by atoms with Gasteiger partial charge in [-0.2, -0.15) is 0 Å². The fraction of sp³-hybridized carbons (Fsp3) is 1.00. The molecule has 0 aromatic carbocycles. The quantitative estimate of drug-likeness (QED) is 0.698. The van der Waals surface area contributed by atoms with Gasteiger partial charge in [0.2, 0.25) is 0 Å². The summed E-state index contributed by atoms with van der Waals surface area (Å²) in [7, 11) is -2.92. The molecule has 0 fully saturated rings. The third kappa shape index (κ3) is 2.55. The number of rotatable bonds is 3. The minimum absolute atomic E-state index is 0.975. The summed E-state index contributed by atoms with van der Waals surface area (Å²) < 4.78 is 0. The van der Waals surface area contributed by atoms with Crippen LogP contribution >= 0.6 is 0 Å². The summed E-state index contributed by atoms with van der Waals surface area (Å²) in [4.78, 5) is 0. The van der Waals surface area contributed by atoms with Crippen molar-refractivity contribution in [3.8, 4) is 0 Å². The maximum atomic E-state index is 3.83. The molecule has 0 saturated carbocycles. The van der Waals surface area contributed by atoms with E-state index in [-0.39, 0.29) is 0 Å². The summed E-state index contributed by atoms with van der Waals surface area (Å²) >= 11 is 3.83. The van der Waals surface area contributed by atoms with Crippen molar-refractivity contribution in [1.82, 2.24) is 0 Å². The van der Waals surface area contributed by atoms with E-state index in [1.165, 1.54) is 0 Å². The van der Waals surface area contributed by atoms with Crippen molar-refractivity contribution in [1.29, 1.82) is 0 Å². The predicted molar refractivity (Wildman–Crippen MR) is 81.5 cm³/mol. The molecule has 0 aliphatic carbocycles. The van der Waals surface area contributed by atoms with E-state index in [9.17, 15) is 0 Å². The molecule has 0 aliphatic rings. The second-order valence-electron chi connectivity index (χ2n) is 7.43. The van der Waals surface area contributed by atoms with E-state index >= 15 is 0 Å². The summed E-state index contributed by atoms with van der Waals surface area (Å²) in [6.45, 7) is 23.4. The Morgan fingerprint density at radius 2 is 0.643 bits per heavy atom. The van der Waals surface area contributed by atoms with Gasteiger partial charge in [0.15, 0.2) is 0 Å². The maximum absolute atomic E-state index is 3.83. The molecule has 0 bridgehead atoms. The van der Waals surface area contributed by atoms with Crippen molar-refractivity contribution in [3.05, 3.63) is 0 Å².